The van der Waals surface area contributed by atoms with Crippen LogP contribution in [0.15, 0.2) is 42.0 Å². The van der Waals surface area contributed by atoms with Crippen molar-refractivity contribution in [2.45, 2.75) is 53.2 Å². The summed E-state index contributed by atoms with van der Waals surface area (Å²) in [6.45, 7) is 10.1. The Morgan fingerprint density at radius 1 is 1.09 bits per heavy atom. The number of ketones is 1. The van der Waals surface area contributed by atoms with Crippen molar-refractivity contribution in [2.75, 3.05) is 13.2 Å². The van der Waals surface area contributed by atoms with Crippen LogP contribution in [0, 0.1) is 6.92 Å². The monoisotopic (exact) mass is 453 g/mol. The number of nitrogens with zero attached hydrogens (tertiary/aromatic N) is 1. The Balaban J connectivity index is 2.16. The highest BCUT2D eigenvalue weighted by Gasteiger charge is 2.45. The van der Waals surface area contributed by atoms with Gasteiger partial charge in [0.25, 0.3) is 11.7 Å². The lowest BCUT2D eigenvalue weighted by atomic mass is 9.94. The Morgan fingerprint density at radius 3 is 2.42 bits per heavy atom. The molecule has 33 heavy (non-hydrogen) atoms. The van der Waals surface area contributed by atoms with E-state index in [0.29, 0.717) is 36.4 Å². The first-order valence-electron chi connectivity index (χ1n) is 11.2. The number of phenolic OH excluding ortho intramolecular Hbond substituents is 1. The lowest BCUT2D eigenvalue weighted by molar-refractivity contribution is -0.139. The largest absolute Gasteiger partial charge is 0.507 e. The van der Waals surface area contributed by atoms with Gasteiger partial charge in [0.05, 0.1) is 24.3 Å². The van der Waals surface area contributed by atoms with Crippen LogP contribution in [0.2, 0.25) is 0 Å². The maximum atomic E-state index is 13.0. The van der Waals surface area contributed by atoms with Crippen molar-refractivity contribution in [3.8, 4) is 17.2 Å². The number of hydrogen-bond acceptors (Lipinski definition) is 6. The van der Waals surface area contributed by atoms with E-state index in [4.69, 9.17) is 9.47 Å². The molecule has 2 N–H and O–H groups in total. The Kier molecular flexibility index (Phi) is 7.31. The van der Waals surface area contributed by atoms with Gasteiger partial charge in [-0.3, -0.25) is 9.59 Å². The quantitative estimate of drug-likeness (QED) is 0.341. The first-order valence-corrected chi connectivity index (χ1v) is 11.2. The molecule has 1 heterocycles. The predicted octanol–water partition coefficient (Wildman–Crippen LogP) is 4.72. The van der Waals surface area contributed by atoms with Crippen molar-refractivity contribution < 1.29 is 29.3 Å². The van der Waals surface area contributed by atoms with Gasteiger partial charge in [-0.05, 0) is 75.6 Å². The standard InChI is InChI=1S/C26H31NO6/c1-6-12-27-23(17-8-10-19(28)21(14-17)32-7-2)22(25(30)26(27)31)24(29)18-9-11-20(16(5)13-18)33-15(3)4/h8-11,13-15,23,28-29H,6-7,12H2,1-5H3/b24-22-. The van der Waals surface area contributed by atoms with E-state index < -0.39 is 17.7 Å². The second-order valence-corrected chi connectivity index (χ2v) is 8.30. The van der Waals surface area contributed by atoms with Crippen molar-refractivity contribution >= 4 is 17.4 Å². The Morgan fingerprint density at radius 2 is 1.82 bits per heavy atom. The van der Waals surface area contributed by atoms with Crippen molar-refractivity contribution in [3.05, 3.63) is 58.7 Å². The molecule has 0 saturated carbocycles. The van der Waals surface area contributed by atoms with Crippen molar-refractivity contribution in [3.63, 3.8) is 0 Å². The smallest absolute Gasteiger partial charge is 0.295 e. The number of aryl methyl sites for hydroxylation is 1. The van der Waals surface area contributed by atoms with Crippen LogP contribution in [0.1, 0.15) is 56.8 Å². The van der Waals surface area contributed by atoms with Gasteiger partial charge in [-0.15, -0.1) is 0 Å². The summed E-state index contributed by atoms with van der Waals surface area (Å²) in [6, 6.07) is 9.07. The number of phenols is 1. The molecular formula is C26H31NO6. The number of aromatic hydroxyl groups is 1. The number of carbonyl (C=O) groups is 2. The van der Waals surface area contributed by atoms with E-state index in [1.54, 1.807) is 37.3 Å². The van der Waals surface area contributed by atoms with Gasteiger partial charge in [-0.2, -0.15) is 0 Å². The fraction of sp³-hybridized carbons (Fsp3) is 0.385. The van der Waals surface area contributed by atoms with Gasteiger partial charge in [-0.1, -0.05) is 13.0 Å². The highest BCUT2D eigenvalue weighted by molar-refractivity contribution is 6.46. The summed E-state index contributed by atoms with van der Waals surface area (Å²) >= 11 is 0. The third-order valence-corrected chi connectivity index (χ3v) is 5.41. The predicted molar refractivity (Wildman–Crippen MR) is 126 cm³/mol. The molecule has 0 aliphatic carbocycles. The normalized spacial score (nSPS) is 17.6. The van der Waals surface area contributed by atoms with E-state index >= 15 is 0 Å². The molecule has 7 heteroatoms. The van der Waals surface area contributed by atoms with Crippen LogP contribution < -0.4 is 9.47 Å². The van der Waals surface area contributed by atoms with Crippen LogP contribution in [-0.4, -0.2) is 46.1 Å². The molecule has 1 fully saturated rings. The van der Waals surface area contributed by atoms with Gasteiger partial charge in [0.1, 0.15) is 11.5 Å². The van der Waals surface area contributed by atoms with Crippen LogP contribution >= 0.6 is 0 Å². The third kappa shape index (κ3) is 4.82. The summed E-state index contributed by atoms with van der Waals surface area (Å²) in [4.78, 5) is 27.4. The number of hydrogen-bond donors (Lipinski definition) is 2. The first kappa shape index (κ1) is 24.2. The summed E-state index contributed by atoms with van der Waals surface area (Å²) in [5.41, 5.74) is 1.81. The number of ether oxygens (including phenoxy) is 2. The minimum absolute atomic E-state index is 0.00320. The molecule has 1 aliphatic rings. The van der Waals surface area contributed by atoms with Gasteiger partial charge in [0, 0.05) is 12.1 Å². The maximum Gasteiger partial charge on any atom is 0.295 e. The number of aliphatic hydroxyl groups is 1. The summed E-state index contributed by atoms with van der Waals surface area (Å²) in [5, 5.41) is 21.3. The highest BCUT2D eigenvalue weighted by Crippen LogP contribution is 2.42. The van der Waals surface area contributed by atoms with Crippen LogP contribution in [0.5, 0.6) is 17.2 Å². The molecule has 176 valence electrons. The maximum absolute atomic E-state index is 13.0. The summed E-state index contributed by atoms with van der Waals surface area (Å²) < 4.78 is 11.3. The van der Waals surface area contributed by atoms with Crippen molar-refractivity contribution in [1.29, 1.82) is 0 Å². The zero-order valence-electron chi connectivity index (χ0n) is 19.7. The van der Waals surface area contributed by atoms with E-state index in [2.05, 4.69) is 0 Å². The molecule has 2 aromatic carbocycles. The number of amides is 1. The molecule has 0 bridgehead atoms. The molecule has 7 nitrogen and oxygen atoms in total. The summed E-state index contributed by atoms with van der Waals surface area (Å²) in [6.07, 6.45) is 0.636. The van der Waals surface area contributed by atoms with Crippen LogP contribution in [0.4, 0.5) is 0 Å². The van der Waals surface area contributed by atoms with Crippen molar-refractivity contribution in [1.82, 2.24) is 4.90 Å². The van der Waals surface area contributed by atoms with E-state index in [1.165, 1.54) is 11.0 Å². The van der Waals surface area contributed by atoms with Gasteiger partial charge in [0.2, 0.25) is 0 Å². The van der Waals surface area contributed by atoms with Gasteiger partial charge >= 0.3 is 0 Å². The number of Topliss-reactive ketones (excluding diaryl/α,β-unsaturated/α-hetero) is 1. The zero-order valence-corrected chi connectivity index (χ0v) is 19.7. The lowest BCUT2D eigenvalue weighted by Gasteiger charge is -2.25. The number of carbonyl (C=O) groups excluding carboxylic acids is 2. The molecule has 1 aliphatic heterocycles. The topological polar surface area (TPSA) is 96.3 Å². The van der Waals surface area contributed by atoms with E-state index in [-0.39, 0.29) is 28.9 Å². The molecule has 1 atom stereocenters. The molecule has 0 spiro atoms. The second kappa shape index (κ2) is 9.98. The molecule has 0 aromatic heterocycles. The summed E-state index contributed by atoms with van der Waals surface area (Å²) in [5.74, 6) is -0.748. The van der Waals surface area contributed by atoms with Crippen molar-refractivity contribution in [2.24, 2.45) is 0 Å². The highest BCUT2D eigenvalue weighted by atomic mass is 16.5. The number of aliphatic hydroxyl groups excluding tert-OH is 1. The molecule has 1 amide bonds. The van der Waals surface area contributed by atoms with Gasteiger partial charge in [-0.25, -0.2) is 0 Å². The van der Waals surface area contributed by atoms with E-state index in [1.807, 2.05) is 27.7 Å². The first-order chi connectivity index (χ1) is 15.7. The van der Waals surface area contributed by atoms with Gasteiger partial charge in [0.15, 0.2) is 11.5 Å². The van der Waals surface area contributed by atoms with E-state index in [0.717, 1.165) is 5.56 Å². The number of benzene rings is 2. The minimum atomic E-state index is -0.795. The fourth-order valence-electron chi connectivity index (χ4n) is 4.01. The molecular weight excluding hydrogens is 422 g/mol. The average Bonchev–Trinajstić information content (AvgIpc) is 3.01. The Bertz CT molecular complexity index is 1090. The lowest BCUT2D eigenvalue weighted by Crippen LogP contribution is -2.30. The van der Waals surface area contributed by atoms with Crippen LogP contribution in [0.25, 0.3) is 5.76 Å². The SMILES string of the molecule is CCCN1C(=O)C(=O)/C(=C(\O)c2ccc(OC(C)C)c(C)c2)C1c1ccc(O)c(OCC)c1. The second-order valence-electron chi connectivity index (χ2n) is 8.30. The van der Waals surface area contributed by atoms with Crippen LogP contribution in [-0.2, 0) is 9.59 Å². The molecule has 3 rings (SSSR count). The Hall–Kier alpha value is -3.48. The fourth-order valence-corrected chi connectivity index (χ4v) is 4.01. The number of rotatable bonds is 8. The Labute approximate surface area is 194 Å². The minimum Gasteiger partial charge on any atom is -0.507 e. The third-order valence-electron chi connectivity index (χ3n) is 5.41. The van der Waals surface area contributed by atoms with E-state index in [9.17, 15) is 19.8 Å². The molecule has 1 saturated heterocycles. The molecule has 0 radical (unpaired) electrons. The van der Waals surface area contributed by atoms with Gasteiger partial charge < -0.3 is 24.6 Å². The zero-order chi connectivity index (χ0) is 24.3. The number of likely N-dealkylation sites (tertiary alicyclic amines) is 1. The summed E-state index contributed by atoms with van der Waals surface area (Å²) in [7, 11) is 0. The average molecular weight is 454 g/mol. The molecule has 1 unspecified atom stereocenters. The van der Waals surface area contributed by atoms with Crippen LogP contribution in [0.3, 0.4) is 0 Å². The molecule has 2 aromatic rings.